The standard InChI is InChI=1S/C14H18FN3O4S/c15-12-2-1-3-13(14(12)18(19)20)17-7-5-16(6-8-17)11-4-9-23(21,22)10-11/h1-3,11H,4-10H2. The summed E-state index contributed by atoms with van der Waals surface area (Å²) in [5, 5.41) is 11.1. The zero-order valence-electron chi connectivity index (χ0n) is 12.5. The molecule has 0 aliphatic carbocycles. The Morgan fingerprint density at radius 1 is 1.22 bits per heavy atom. The molecule has 2 saturated heterocycles. The molecule has 0 N–H and O–H groups in total. The van der Waals surface area contributed by atoms with Gasteiger partial charge >= 0.3 is 5.69 Å². The summed E-state index contributed by atoms with van der Waals surface area (Å²) in [6.07, 6.45) is 0.641. The third-order valence-electron chi connectivity index (χ3n) is 4.53. The van der Waals surface area contributed by atoms with Crippen molar-refractivity contribution in [2.45, 2.75) is 12.5 Å². The van der Waals surface area contributed by atoms with E-state index in [0.717, 1.165) is 6.07 Å². The van der Waals surface area contributed by atoms with Gasteiger partial charge in [-0.2, -0.15) is 4.39 Å². The molecule has 2 heterocycles. The zero-order chi connectivity index (χ0) is 16.6. The molecule has 7 nitrogen and oxygen atoms in total. The van der Waals surface area contributed by atoms with Crippen LogP contribution in [0.25, 0.3) is 0 Å². The topological polar surface area (TPSA) is 83.8 Å². The number of piperazine rings is 1. The SMILES string of the molecule is O=[N+]([O-])c1c(F)cccc1N1CCN(C2CCS(=O)(=O)C2)CC1. The van der Waals surface area contributed by atoms with E-state index in [-0.39, 0.29) is 23.2 Å². The number of rotatable bonds is 3. The summed E-state index contributed by atoms with van der Waals surface area (Å²) in [6, 6.07) is 4.14. The van der Waals surface area contributed by atoms with Gasteiger partial charge in [-0.05, 0) is 18.6 Å². The van der Waals surface area contributed by atoms with Crippen molar-refractivity contribution in [2.75, 3.05) is 42.6 Å². The third-order valence-corrected chi connectivity index (χ3v) is 6.28. The quantitative estimate of drug-likeness (QED) is 0.602. The summed E-state index contributed by atoms with van der Waals surface area (Å²) >= 11 is 0. The molecule has 3 rings (SSSR count). The average Bonchev–Trinajstić information content (AvgIpc) is 2.87. The first-order valence-corrected chi connectivity index (χ1v) is 9.32. The van der Waals surface area contributed by atoms with E-state index in [0.29, 0.717) is 32.6 Å². The number of nitro benzene ring substituents is 1. The molecule has 0 spiro atoms. The monoisotopic (exact) mass is 343 g/mol. The molecule has 0 aromatic heterocycles. The van der Waals surface area contributed by atoms with E-state index in [2.05, 4.69) is 4.90 Å². The minimum atomic E-state index is -2.93. The Hall–Kier alpha value is -1.74. The fourth-order valence-corrected chi connectivity index (χ4v) is 5.09. The van der Waals surface area contributed by atoms with Crippen molar-refractivity contribution in [1.29, 1.82) is 0 Å². The molecule has 9 heteroatoms. The van der Waals surface area contributed by atoms with Crippen LogP contribution in [0.4, 0.5) is 15.8 Å². The maximum Gasteiger partial charge on any atom is 0.327 e. The Bertz CT molecular complexity index is 717. The molecule has 23 heavy (non-hydrogen) atoms. The van der Waals surface area contributed by atoms with Crippen LogP contribution >= 0.6 is 0 Å². The van der Waals surface area contributed by atoms with Crippen LogP contribution in [0.15, 0.2) is 18.2 Å². The number of nitro groups is 1. The molecule has 1 unspecified atom stereocenters. The van der Waals surface area contributed by atoms with Crippen molar-refractivity contribution in [3.8, 4) is 0 Å². The highest BCUT2D eigenvalue weighted by Crippen LogP contribution is 2.32. The molecule has 0 saturated carbocycles. The maximum atomic E-state index is 13.7. The second kappa shape index (κ2) is 6.04. The van der Waals surface area contributed by atoms with Crippen LogP contribution in [-0.4, -0.2) is 62.0 Å². The van der Waals surface area contributed by atoms with Gasteiger partial charge < -0.3 is 4.90 Å². The van der Waals surface area contributed by atoms with Gasteiger partial charge in [0.25, 0.3) is 0 Å². The van der Waals surface area contributed by atoms with Crippen LogP contribution in [0.5, 0.6) is 0 Å². The van der Waals surface area contributed by atoms with Gasteiger partial charge in [0.15, 0.2) is 9.84 Å². The molecule has 0 bridgehead atoms. The van der Waals surface area contributed by atoms with Gasteiger partial charge in [0.05, 0.1) is 16.4 Å². The lowest BCUT2D eigenvalue weighted by atomic mass is 10.1. The maximum absolute atomic E-state index is 13.7. The van der Waals surface area contributed by atoms with Crippen molar-refractivity contribution >= 4 is 21.2 Å². The van der Waals surface area contributed by atoms with Gasteiger partial charge in [-0.1, -0.05) is 6.07 Å². The number of para-hydroxylation sites is 1. The van der Waals surface area contributed by atoms with E-state index in [9.17, 15) is 22.9 Å². The van der Waals surface area contributed by atoms with Crippen molar-refractivity contribution in [3.63, 3.8) is 0 Å². The van der Waals surface area contributed by atoms with E-state index in [1.165, 1.54) is 6.07 Å². The highest BCUT2D eigenvalue weighted by atomic mass is 32.2. The van der Waals surface area contributed by atoms with Crippen LogP contribution in [0, 0.1) is 15.9 Å². The smallest absolute Gasteiger partial charge is 0.327 e. The van der Waals surface area contributed by atoms with Crippen LogP contribution in [0.2, 0.25) is 0 Å². The highest BCUT2D eigenvalue weighted by molar-refractivity contribution is 7.91. The predicted octanol–water partition coefficient (Wildman–Crippen LogP) is 1.04. The molecule has 0 amide bonds. The number of hydrogen-bond donors (Lipinski definition) is 0. The first kappa shape index (κ1) is 16.1. The number of nitrogens with zero attached hydrogens (tertiary/aromatic N) is 3. The summed E-state index contributed by atoms with van der Waals surface area (Å²) in [5.41, 5.74) is -0.210. The van der Waals surface area contributed by atoms with Gasteiger partial charge in [-0.3, -0.25) is 15.0 Å². The summed E-state index contributed by atoms with van der Waals surface area (Å²) < 4.78 is 36.9. The van der Waals surface area contributed by atoms with Gasteiger partial charge in [-0.15, -0.1) is 0 Å². The molecule has 126 valence electrons. The Morgan fingerprint density at radius 2 is 1.91 bits per heavy atom. The Labute approximate surface area is 133 Å². The molecular weight excluding hydrogens is 325 g/mol. The Kier molecular flexibility index (Phi) is 4.24. The van der Waals surface area contributed by atoms with Crippen LogP contribution in [0.1, 0.15) is 6.42 Å². The summed E-state index contributed by atoms with van der Waals surface area (Å²) in [6.45, 7) is 2.27. The summed E-state index contributed by atoms with van der Waals surface area (Å²) in [4.78, 5) is 14.3. The molecule has 1 aromatic rings. The molecule has 1 atom stereocenters. The normalized spacial score (nSPS) is 24.7. The summed E-state index contributed by atoms with van der Waals surface area (Å²) in [5.74, 6) is -0.419. The first-order chi connectivity index (χ1) is 10.9. The lowest BCUT2D eigenvalue weighted by Gasteiger charge is -2.38. The van der Waals surface area contributed by atoms with Crippen molar-refractivity contribution < 1.29 is 17.7 Å². The van der Waals surface area contributed by atoms with Gasteiger partial charge in [0.2, 0.25) is 5.82 Å². The molecule has 0 radical (unpaired) electrons. The predicted molar refractivity (Wildman–Crippen MR) is 83.9 cm³/mol. The molecule has 2 aliphatic rings. The minimum absolute atomic E-state index is 0.0321. The van der Waals surface area contributed by atoms with Crippen LogP contribution in [-0.2, 0) is 9.84 Å². The van der Waals surface area contributed by atoms with E-state index in [1.54, 1.807) is 11.0 Å². The van der Waals surface area contributed by atoms with E-state index in [1.807, 2.05) is 0 Å². The second-order valence-electron chi connectivity index (χ2n) is 5.94. The van der Waals surface area contributed by atoms with Crippen molar-refractivity contribution in [1.82, 2.24) is 4.90 Å². The first-order valence-electron chi connectivity index (χ1n) is 7.50. The van der Waals surface area contributed by atoms with E-state index >= 15 is 0 Å². The second-order valence-corrected chi connectivity index (χ2v) is 8.17. The van der Waals surface area contributed by atoms with Gasteiger partial charge in [-0.25, -0.2) is 8.42 Å². The number of anilines is 1. The Balaban J connectivity index is 1.70. The Morgan fingerprint density at radius 3 is 2.48 bits per heavy atom. The third kappa shape index (κ3) is 3.30. The molecule has 2 fully saturated rings. The molecule has 2 aliphatic heterocycles. The largest absolute Gasteiger partial charge is 0.363 e. The fourth-order valence-electron chi connectivity index (χ4n) is 3.33. The minimum Gasteiger partial charge on any atom is -0.363 e. The van der Waals surface area contributed by atoms with E-state index < -0.39 is 26.3 Å². The number of halogens is 1. The highest BCUT2D eigenvalue weighted by Gasteiger charge is 2.34. The van der Waals surface area contributed by atoms with Crippen molar-refractivity contribution in [2.24, 2.45) is 0 Å². The zero-order valence-corrected chi connectivity index (χ0v) is 13.3. The van der Waals surface area contributed by atoms with Crippen LogP contribution in [0.3, 0.4) is 0 Å². The number of benzene rings is 1. The summed E-state index contributed by atoms with van der Waals surface area (Å²) in [7, 11) is -2.93. The number of hydrogen-bond acceptors (Lipinski definition) is 6. The lowest BCUT2D eigenvalue weighted by Crippen LogP contribution is -2.50. The van der Waals surface area contributed by atoms with Gasteiger partial charge in [0, 0.05) is 32.2 Å². The van der Waals surface area contributed by atoms with Crippen LogP contribution < -0.4 is 4.90 Å². The molecule has 1 aromatic carbocycles. The lowest BCUT2D eigenvalue weighted by molar-refractivity contribution is -0.386. The average molecular weight is 343 g/mol. The fraction of sp³-hybridized carbons (Fsp3) is 0.571. The molecular formula is C14H18FN3O4S. The van der Waals surface area contributed by atoms with E-state index in [4.69, 9.17) is 0 Å². The van der Waals surface area contributed by atoms with Gasteiger partial charge in [0.1, 0.15) is 5.69 Å². The van der Waals surface area contributed by atoms with Crippen molar-refractivity contribution in [3.05, 3.63) is 34.1 Å². The number of sulfone groups is 1.